The van der Waals surface area contributed by atoms with Crippen LogP contribution in [0, 0.1) is 5.82 Å². The zero-order chi connectivity index (χ0) is 12.8. The maximum absolute atomic E-state index is 13.1. The monoisotopic (exact) mass is 302 g/mol. The number of rotatable bonds is 5. The van der Waals surface area contributed by atoms with Crippen LogP contribution in [0.5, 0.6) is 5.75 Å². The lowest BCUT2D eigenvalue weighted by atomic mass is 10.2. The molecule has 0 bridgehead atoms. The quantitative estimate of drug-likeness (QED) is 0.848. The van der Waals surface area contributed by atoms with Crippen molar-refractivity contribution in [3.8, 4) is 5.75 Å². The third-order valence-electron chi connectivity index (χ3n) is 2.13. The number of carboxylic acids is 1. The number of ether oxygens (including phenoxy) is 1. The van der Waals surface area contributed by atoms with Gasteiger partial charge >= 0.3 is 5.97 Å². The second-order valence-electron chi connectivity index (χ2n) is 3.27. The topological polar surface area (TPSA) is 46.5 Å². The fourth-order valence-electron chi connectivity index (χ4n) is 1.19. The fourth-order valence-corrected chi connectivity index (χ4v) is 1.43. The number of hydrogen-bond donors (Lipinski definition) is 1. The molecule has 0 amide bonds. The van der Waals surface area contributed by atoms with Crippen molar-refractivity contribution in [2.75, 3.05) is 6.61 Å². The Balaban J connectivity index is 2.61. The van der Waals surface area contributed by atoms with E-state index in [2.05, 4.69) is 15.9 Å². The number of aliphatic carboxylic acids is 1. The van der Waals surface area contributed by atoms with Crippen molar-refractivity contribution >= 4 is 21.9 Å². The molecule has 0 spiro atoms. The first kappa shape index (κ1) is 13.7. The summed E-state index contributed by atoms with van der Waals surface area (Å²) in [4.78, 5) is 10.7. The molecule has 0 saturated heterocycles. The molecule has 0 aliphatic carbocycles. The van der Waals surface area contributed by atoms with E-state index in [0.717, 1.165) is 0 Å². The van der Waals surface area contributed by atoms with E-state index in [0.29, 0.717) is 16.6 Å². The second kappa shape index (κ2) is 6.39. The van der Waals surface area contributed by atoms with Gasteiger partial charge in [-0.05, 0) is 40.6 Å². The SMILES string of the molecule is CCC(=CCOc1ccc(Br)c(F)c1)C(=O)O. The molecule has 0 aromatic heterocycles. The van der Waals surface area contributed by atoms with Crippen molar-refractivity contribution in [1.82, 2.24) is 0 Å². The molecule has 0 unspecified atom stereocenters. The van der Waals surface area contributed by atoms with Crippen LogP contribution in [0.25, 0.3) is 0 Å². The Labute approximate surface area is 107 Å². The molecular formula is C12H12BrFO3. The van der Waals surface area contributed by atoms with Gasteiger partial charge in [-0.3, -0.25) is 0 Å². The molecule has 0 fully saturated rings. The van der Waals surface area contributed by atoms with Gasteiger partial charge in [0.25, 0.3) is 0 Å². The molecule has 17 heavy (non-hydrogen) atoms. The van der Waals surface area contributed by atoms with Crippen LogP contribution >= 0.6 is 15.9 Å². The highest BCUT2D eigenvalue weighted by Crippen LogP contribution is 2.20. The lowest BCUT2D eigenvalue weighted by Crippen LogP contribution is -2.03. The summed E-state index contributed by atoms with van der Waals surface area (Å²) in [5.41, 5.74) is 0.280. The van der Waals surface area contributed by atoms with Gasteiger partial charge in [0, 0.05) is 11.6 Å². The molecule has 1 aromatic carbocycles. The van der Waals surface area contributed by atoms with Crippen LogP contribution in [0.4, 0.5) is 4.39 Å². The van der Waals surface area contributed by atoms with E-state index in [1.165, 1.54) is 18.2 Å². The van der Waals surface area contributed by atoms with E-state index in [1.54, 1.807) is 13.0 Å². The van der Waals surface area contributed by atoms with E-state index >= 15 is 0 Å². The van der Waals surface area contributed by atoms with E-state index in [4.69, 9.17) is 9.84 Å². The van der Waals surface area contributed by atoms with Gasteiger partial charge in [0.1, 0.15) is 18.2 Å². The van der Waals surface area contributed by atoms with Gasteiger partial charge in [-0.15, -0.1) is 0 Å². The number of halogens is 2. The number of carbonyl (C=O) groups is 1. The summed E-state index contributed by atoms with van der Waals surface area (Å²) in [7, 11) is 0. The average Bonchev–Trinajstić information content (AvgIpc) is 2.28. The van der Waals surface area contributed by atoms with Gasteiger partial charge in [-0.1, -0.05) is 6.92 Å². The first-order valence-corrected chi connectivity index (χ1v) is 5.84. The van der Waals surface area contributed by atoms with Crippen molar-refractivity contribution in [3.63, 3.8) is 0 Å². The minimum atomic E-state index is -0.960. The maximum atomic E-state index is 13.1. The molecule has 92 valence electrons. The summed E-state index contributed by atoms with van der Waals surface area (Å²) in [5, 5.41) is 8.76. The summed E-state index contributed by atoms with van der Waals surface area (Å²) in [6, 6.07) is 4.38. The van der Waals surface area contributed by atoms with E-state index in [-0.39, 0.29) is 12.2 Å². The van der Waals surface area contributed by atoms with Gasteiger partial charge in [0.2, 0.25) is 0 Å². The molecular weight excluding hydrogens is 291 g/mol. The summed E-state index contributed by atoms with van der Waals surface area (Å²) in [5.74, 6) is -1.01. The fraction of sp³-hybridized carbons (Fsp3) is 0.250. The van der Waals surface area contributed by atoms with Gasteiger partial charge in [0.05, 0.1) is 4.47 Å². The van der Waals surface area contributed by atoms with Gasteiger partial charge in [-0.25, -0.2) is 9.18 Å². The van der Waals surface area contributed by atoms with Gasteiger partial charge in [0.15, 0.2) is 0 Å². The van der Waals surface area contributed by atoms with Crippen LogP contribution in [0.3, 0.4) is 0 Å². The van der Waals surface area contributed by atoms with E-state index in [9.17, 15) is 9.18 Å². The first-order chi connectivity index (χ1) is 8.04. The molecule has 0 aliphatic heterocycles. The van der Waals surface area contributed by atoms with Crippen LogP contribution in [0.2, 0.25) is 0 Å². The molecule has 3 nitrogen and oxygen atoms in total. The summed E-state index contributed by atoms with van der Waals surface area (Å²) >= 11 is 3.03. The minimum Gasteiger partial charge on any atom is -0.489 e. The highest BCUT2D eigenvalue weighted by atomic mass is 79.9. The molecule has 1 N–H and O–H groups in total. The Bertz CT molecular complexity index is 443. The number of benzene rings is 1. The summed E-state index contributed by atoms with van der Waals surface area (Å²) < 4.78 is 18.7. The van der Waals surface area contributed by atoms with Crippen molar-refractivity contribution in [2.45, 2.75) is 13.3 Å². The minimum absolute atomic E-state index is 0.108. The number of hydrogen-bond acceptors (Lipinski definition) is 2. The number of carboxylic acid groups (broad SMARTS) is 1. The normalized spacial score (nSPS) is 11.4. The first-order valence-electron chi connectivity index (χ1n) is 5.04. The second-order valence-corrected chi connectivity index (χ2v) is 4.13. The Morgan fingerprint density at radius 2 is 2.29 bits per heavy atom. The van der Waals surface area contributed by atoms with Crippen LogP contribution in [0.1, 0.15) is 13.3 Å². The lowest BCUT2D eigenvalue weighted by Gasteiger charge is -2.04. The van der Waals surface area contributed by atoms with E-state index in [1.807, 2.05) is 0 Å². The van der Waals surface area contributed by atoms with Crippen LogP contribution < -0.4 is 4.74 Å². The lowest BCUT2D eigenvalue weighted by molar-refractivity contribution is -0.132. The largest absolute Gasteiger partial charge is 0.489 e. The molecule has 5 heteroatoms. The molecule has 0 atom stereocenters. The van der Waals surface area contributed by atoms with Crippen molar-refractivity contribution in [3.05, 3.63) is 40.1 Å². The predicted octanol–water partition coefficient (Wildman–Crippen LogP) is 3.39. The maximum Gasteiger partial charge on any atom is 0.331 e. The third-order valence-corrected chi connectivity index (χ3v) is 2.77. The van der Waals surface area contributed by atoms with Gasteiger partial charge < -0.3 is 9.84 Å². The van der Waals surface area contributed by atoms with E-state index < -0.39 is 11.8 Å². The Morgan fingerprint density at radius 3 is 2.82 bits per heavy atom. The van der Waals surface area contributed by atoms with Gasteiger partial charge in [-0.2, -0.15) is 0 Å². The van der Waals surface area contributed by atoms with Crippen LogP contribution in [-0.2, 0) is 4.79 Å². The van der Waals surface area contributed by atoms with Crippen molar-refractivity contribution < 1.29 is 19.0 Å². The highest BCUT2D eigenvalue weighted by Gasteiger charge is 2.04. The zero-order valence-electron chi connectivity index (χ0n) is 9.24. The van der Waals surface area contributed by atoms with Crippen molar-refractivity contribution in [1.29, 1.82) is 0 Å². The predicted molar refractivity (Wildman–Crippen MR) is 65.6 cm³/mol. The average molecular weight is 303 g/mol. The Morgan fingerprint density at radius 1 is 1.59 bits per heavy atom. The van der Waals surface area contributed by atoms with Crippen molar-refractivity contribution in [2.24, 2.45) is 0 Å². The third kappa shape index (κ3) is 4.19. The molecule has 1 aromatic rings. The molecule has 0 radical (unpaired) electrons. The smallest absolute Gasteiger partial charge is 0.331 e. The summed E-state index contributed by atoms with van der Waals surface area (Å²) in [6.07, 6.45) is 1.90. The molecule has 0 heterocycles. The molecule has 1 rings (SSSR count). The Hall–Kier alpha value is -1.36. The summed E-state index contributed by atoms with van der Waals surface area (Å²) in [6.45, 7) is 1.86. The molecule has 0 aliphatic rings. The standard InChI is InChI=1S/C12H12BrFO3/c1-2-8(12(15)16)5-6-17-9-3-4-10(13)11(14)7-9/h3-5,7H,2,6H2,1H3,(H,15,16). The Kier molecular flexibility index (Phi) is 5.15. The molecule has 0 saturated carbocycles. The zero-order valence-corrected chi connectivity index (χ0v) is 10.8. The van der Waals surface area contributed by atoms with Crippen LogP contribution in [0.15, 0.2) is 34.3 Å². The van der Waals surface area contributed by atoms with Crippen LogP contribution in [-0.4, -0.2) is 17.7 Å². The highest BCUT2D eigenvalue weighted by molar-refractivity contribution is 9.10.